The second-order valence-corrected chi connectivity index (χ2v) is 6.90. The number of hydrogen-bond acceptors (Lipinski definition) is 5. The van der Waals surface area contributed by atoms with Crippen molar-refractivity contribution in [1.82, 2.24) is 24.8 Å². The average Bonchev–Trinajstić information content (AvgIpc) is 3.09. The van der Waals surface area contributed by atoms with Crippen LogP contribution in [-0.4, -0.2) is 31.0 Å². The average molecular weight is 325 g/mol. The van der Waals surface area contributed by atoms with Gasteiger partial charge in [-0.25, -0.2) is 9.97 Å². The molecule has 3 aromatic rings. The number of amides is 1. The summed E-state index contributed by atoms with van der Waals surface area (Å²) >= 11 is 0. The van der Waals surface area contributed by atoms with Crippen molar-refractivity contribution in [3.8, 4) is 11.5 Å². The van der Waals surface area contributed by atoms with Crippen molar-refractivity contribution in [3.63, 3.8) is 0 Å². The van der Waals surface area contributed by atoms with E-state index in [1.54, 1.807) is 23.0 Å². The van der Waals surface area contributed by atoms with E-state index in [9.17, 15) is 4.79 Å². The zero-order valence-electron chi connectivity index (χ0n) is 13.9. The van der Waals surface area contributed by atoms with E-state index in [1.165, 1.54) is 0 Å². The molecular weight excluding hydrogens is 306 g/mol. The molecule has 3 aromatic heterocycles. The van der Waals surface area contributed by atoms with Crippen LogP contribution in [0.25, 0.3) is 17.1 Å². The van der Waals surface area contributed by atoms with Crippen LogP contribution in [0.1, 0.15) is 42.9 Å². The van der Waals surface area contributed by atoms with Crippen molar-refractivity contribution in [3.05, 3.63) is 36.0 Å². The van der Waals surface area contributed by atoms with Crippen molar-refractivity contribution in [2.75, 3.05) is 0 Å². The molecule has 3 heterocycles. The first-order valence-corrected chi connectivity index (χ1v) is 8.04. The molecule has 0 aliphatic heterocycles. The first-order chi connectivity index (χ1) is 11.5. The number of fused-ring (bicyclic) bond motifs is 1. The molecule has 0 aromatic carbocycles. The van der Waals surface area contributed by atoms with E-state index >= 15 is 0 Å². The molecule has 7 nitrogen and oxygen atoms in total. The fourth-order valence-corrected chi connectivity index (χ4v) is 3.01. The lowest BCUT2D eigenvalue weighted by Crippen LogP contribution is -2.45. The van der Waals surface area contributed by atoms with Crippen molar-refractivity contribution in [2.45, 2.75) is 39.2 Å². The third-order valence-corrected chi connectivity index (χ3v) is 4.63. The van der Waals surface area contributed by atoms with Crippen LogP contribution >= 0.6 is 0 Å². The van der Waals surface area contributed by atoms with Gasteiger partial charge in [0.25, 0.3) is 5.91 Å². The van der Waals surface area contributed by atoms with Crippen LogP contribution in [0.4, 0.5) is 0 Å². The Morgan fingerprint density at radius 1 is 1.42 bits per heavy atom. The molecule has 1 aliphatic rings. The minimum atomic E-state index is -0.232. The van der Waals surface area contributed by atoms with Gasteiger partial charge in [0.1, 0.15) is 12.0 Å². The van der Waals surface area contributed by atoms with E-state index in [1.807, 2.05) is 13.0 Å². The normalized spacial score (nSPS) is 15.0. The number of carbonyl (C=O) groups is 1. The molecule has 124 valence electrons. The summed E-state index contributed by atoms with van der Waals surface area (Å²) in [5.41, 5.74) is 2.16. The number of aryl methyl sites for hydroxylation is 1. The number of imidazole rings is 1. The van der Waals surface area contributed by atoms with Crippen molar-refractivity contribution >= 4 is 11.6 Å². The fourth-order valence-electron chi connectivity index (χ4n) is 3.01. The Hall–Kier alpha value is -2.70. The summed E-state index contributed by atoms with van der Waals surface area (Å²) in [6, 6.07) is 3.62. The predicted molar refractivity (Wildman–Crippen MR) is 87.5 cm³/mol. The Bertz CT molecular complexity index is 907. The van der Waals surface area contributed by atoms with Gasteiger partial charge < -0.3 is 9.84 Å². The van der Waals surface area contributed by atoms with Gasteiger partial charge in [0, 0.05) is 17.3 Å². The summed E-state index contributed by atoms with van der Waals surface area (Å²) in [5, 5.41) is 6.81. The highest BCUT2D eigenvalue weighted by atomic mass is 16.5. The number of nitrogens with zero attached hydrogens (tertiary/aromatic N) is 4. The van der Waals surface area contributed by atoms with Gasteiger partial charge in [-0.3, -0.25) is 9.20 Å². The molecule has 0 atom stereocenters. The molecule has 0 saturated heterocycles. The highest BCUT2D eigenvalue weighted by Crippen LogP contribution is 2.39. The zero-order valence-corrected chi connectivity index (χ0v) is 13.9. The van der Waals surface area contributed by atoms with Gasteiger partial charge in [-0.15, -0.1) is 0 Å². The molecule has 0 unspecified atom stereocenters. The van der Waals surface area contributed by atoms with Gasteiger partial charge >= 0.3 is 0 Å². The lowest BCUT2D eigenvalue weighted by molar-refractivity contribution is 0.0900. The molecule has 0 bridgehead atoms. The van der Waals surface area contributed by atoms with E-state index < -0.39 is 0 Å². The maximum atomic E-state index is 12.7. The third kappa shape index (κ3) is 2.46. The summed E-state index contributed by atoms with van der Waals surface area (Å²) in [4.78, 5) is 21.6. The monoisotopic (exact) mass is 325 g/mol. The maximum absolute atomic E-state index is 12.7. The third-order valence-electron chi connectivity index (χ3n) is 4.63. The van der Waals surface area contributed by atoms with Crippen LogP contribution in [0.2, 0.25) is 0 Å². The summed E-state index contributed by atoms with van der Waals surface area (Å²) in [6.45, 7) is 6.05. The van der Waals surface area contributed by atoms with Crippen LogP contribution in [0.5, 0.6) is 0 Å². The van der Waals surface area contributed by atoms with E-state index in [0.717, 1.165) is 18.5 Å². The summed E-state index contributed by atoms with van der Waals surface area (Å²) in [6.07, 6.45) is 5.51. The highest BCUT2D eigenvalue weighted by molar-refractivity contribution is 5.98. The van der Waals surface area contributed by atoms with E-state index in [2.05, 4.69) is 34.3 Å². The van der Waals surface area contributed by atoms with Gasteiger partial charge in [-0.2, -0.15) is 0 Å². The van der Waals surface area contributed by atoms with Crippen LogP contribution in [0, 0.1) is 12.8 Å². The zero-order chi connectivity index (χ0) is 16.9. The quantitative estimate of drug-likeness (QED) is 0.797. The second kappa shape index (κ2) is 5.15. The molecule has 0 spiro atoms. The SMILES string of the molecule is Cc1cc(-c2ccno2)nc2c(C(=O)NC(C)(C)C3CC3)ncn12. The molecule has 1 saturated carbocycles. The molecule has 1 aliphatic carbocycles. The summed E-state index contributed by atoms with van der Waals surface area (Å²) in [5.74, 6) is 0.900. The van der Waals surface area contributed by atoms with Crippen LogP contribution in [0.15, 0.2) is 29.2 Å². The standard InChI is InChI=1S/C17H19N5O2/c1-10-8-12(13-6-7-19-24-13)20-15-14(18-9-22(10)15)16(23)21-17(2,3)11-4-5-11/h6-9,11H,4-5H2,1-3H3,(H,21,23). The summed E-state index contributed by atoms with van der Waals surface area (Å²) in [7, 11) is 0. The lowest BCUT2D eigenvalue weighted by atomic mass is 9.98. The number of carbonyl (C=O) groups excluding carboxylic acids is 1. The van der Waals surface area contributed by atoms with Gasteiger partial charge in [-0.05, 0) is 45.6 Å². The minimum Gasteiger partial charge on any atom is -0.355 e. The Morgan fingerprint density at radius 3 is 2.88 bits per heavy atom. The Balaban J connectivity index is 1.74. The van der Waals surface area contributed by atoms with Crippen molar-refractivity contribution in [2.24, 2.45) is 5.92 Å². The Kier molecular flexibility index (Phi) is 3.19. The number of hydrogen-bond donors (Lipinski definition) is 1. The molecule has 1 amide bonds. The molecule has 1 fully saturated rings. The molecular formula is C17H19N5O2. The number of aromatic nitrogens is 4. The van der Waals surface area contributed by atoms with Crippen LogP contribution in [0.3, 0.4) is 0 Å². The number of rotatable bonds is 4. The first kappa shape index (κ1) is 14.9. The fraction of sp³-hybridized carbons (Fsp3) is 0.412. The van der Waals surface area contributed by atoms with Gasteiger partial charge in [0.2, 0.25) is 0 Å². The first-order valence-electron chi connectivity index (χ1n) is 8.04. The van der Waals surface area contributed by atoms with E-state index in [-0.39, 0.29) is 11.4 Å². The van der Waals surface area contributed by atoms with Crippen LogP contribution < -0.4 is 5.32 Å². The van der Waals surface area contributed by atoms with Crippen molar-refractivity contribution in [1.29, 1.82) is 0 Å². The van der Waals surface area contributed by atoms with Gasteiger partial charge in [-0.1, -0.05) is 5.16 Å². The topological polar surface area (TPSA) is 85.3 Å². The lowest BCUT2D eigenvalue weighted by Gasteiger charge is -2.25. The molecule has 4 rings (SSSR count). The van der Waals surface area contributed by atoms with Crippen molar-refractivity contribution < 1.29 is 9.32 Å². The number of nitrogens with one attached hydrogen (secondary N) is 1. The minimum absolute atomic E-state index is 0.198. The molecule has 1 N–H and O–H groups in total. The van der Waals surface area contributed by atoms with E-state index in [4.69, 9.17) is 4.52 Å². The molecule has 0 radical (unpaired) electrons. The Morgan fingerprint density at radius 2 is 2.21 bits per heavy atom. The van der Waals surface area contributed by atoms with E-state index in [0.29, 0.717) is 28.7 Å². The summed E-state index contributed by atoms with van der Waals surface area (Å²) < 4.78 is 6.98. The highest BCUT2D eigenvalue weighted by Gasteiger charge is 2.39. The second-order valence-electron chi connectivity index (χ2n) is 6.90. The Labute approximate surface area is 139 Å². The largest absolute Gasteiger partial charge is 0.355 e. The van der Waals surface area contributed by atoms with Crippen LogP contribution in [-0.2, 0) is 0 Å². The van der Waals surface area contributed by atoms with Gasteiger partial charge in [0.05, 0.1) is 6.20 Å². The molecule has 24 heavy (non-hydrogen) atoms. The smallest absolute Gasteiger partial charge is 0.274 e. The molecule has 7 heteroatoms. The maximum Gasteiger partial charge on any atom is 0.274 e. The predicted octanol–water partition coefficient (Wildman–Crippen LogP) is 2.61. The van der Waals surface area contributed by atoms with Gasteiger partial charge in [0.15, 0.2) is 17.1 Å².